The average molecular weight is 463 g/mol. The quantitative estimate of drug-likeness (QED) is 0.691. The van der Waals surface area contributed by atoms with Crippen molar-refractivity contribution in [3.63, 3.8) is 0 Å². The first kappa shape index (κ1) is 22.4. The zero-order valence-electron chi connectivity index (χ0n) is 19.2. The van der Waals surface area contributed by atoms with Crippen molar-refractivity contribution in [3.8, 4) is 11.1 Å². The summed E-state index contributed by atoms with van der Waals surface area (Å²) in [5, 5.41) is 12.5. The van der Waals surface area contributed by atoms with E-state index >= 15 is 0 Å². The highest BCUT2D eigenvalue weighted by Crippen LogP contribution is 2.44. The number of hydrogen-bond acceptors (Lipinski definition) is 4. The predicted molar refractivity (Wildman–Crippen MR) is 126 cm³/mol. The molecule has 1 heterocycles. The number of likely N-dealkylation sites (tertiary alicyclic amines) is 1. The molecule has 2 N–H and O–H groups in total. The number of hydrogen-bond donors (Lipinski definition) is 2. The Morgan fingerprint density at radius 1 is 0.941 bits per heavy atom. The zero-order chi connectivity index (χ0) is 23.7. The van der Waals surface area contributed by atoms with Gasteiger partial charge in [-0.15, -0.1) is 0 Å². The van der Waals surface area contributed by atoms with E-state index in [1.165, 1.54) is 4.90 Å². The Bertz CT molecular complexity index is 1060. The van der Waals surface area contributed by atoms with Gasteiger partial charge in [-0.25, -0.2) is 9.59 Å². The van der Waals surface area contributed by atoms with Crippen LogP contribution in [0, 0.1) is 0 Å². The summed E-state index contributed by atoms with van der Waals surface area (Å²) in [6.45, 7) is 0.579. The molecular formula is C27H30N2O5. The Kier molecular flexibility index (Phi) is 6.02. The number of nitrogens with zero attached hydrogens (tertiary/aromatic N) is 1. The van der Waals surface area contributed by atoms with Crippen molar-refractivity contribution in [2.45, 2.75) is 62.4 Å². The molecule has 1 saturated heterocycles. The van der Waals surface area contributed by atoms with Gasteiger partial charge in [-0.2, -0.15) is 0 Å². The van der Waals surface area contributed by atoms with Gasteiger partial charge in [-0.3, -0.25) is 4.79 Å². The average Bonchev–Trinajstić information content (AvgIpc) is 3.46. The highest BCUT2D eigenvalue weighted by molar-refractivity contribution is 5.93. The molecule has 5 rings (SSSR count). The van der Waals surface area contributed by atoms with Gasteiger partial charge in [0, 0.05) is 12.5 Å². The summed E-state index contributed by atoms with van der Waals surface area (Å²) >= 11 is 0. The van der Waals surface area contributed by atoms with Crippen LogP contribution in [0.25, 0.3) is 11.1 Å². The maximum atomic E-state index is 13.6. The standard InChI is InChI=1S/C27H30N2O5/c30-24(31)23-13-8-16-29(23)25(32)27(14-6-1-7-15-27)28-26(33)34-17-22-20-11-4-2-9-18(20)19-10-3-5-12-21(19)22/h2-5,9-12,22-23H,1,6-8,13-17H2,(H,28,33)(H,30,31)/t23-/m0/s1. The molecule has 0 aromatic heterocycles. The monoisotopic (exact) mass is 462 g/mol. The van der Waals surface area contributed by atoms with Crippen molar-refractivity contribution in [1.29, 1.82) is 0 Å². The summed E-state index contributed by atoms with van der Waals surface area (Å²) in [5.74, 6) is -1.34. The van der Waals surface area contributed by atoms with Crippen LogP contribution in [0.5, 0.6) is 0 Å². The largest absolute Gasteiger partial charge is 0.480 e. The van der Waals surface area contributed by atoms with Crippen molar-refractivity contribution in [2.24, 2.45) is 0 Å². The number of fused-ring (bicyclic) bond motifs is 3. The van der Waals surface area contributed by atoms with Crippen molar-refractivity contribution in [2.75, 3.05) is 13.2 Å². The van der Waals surface area contributed by atoms with Crippen LogP contribution in [-0.2, 0) is 14.3 Å². The van der Waals surface area contributed by atoms with E-state index in [4.69, 9.17) is 4.74 Å². The molecule has 0 radical (unpaired) electrons. The fourth-order valence-electron chi connectivity index (χ4n) is 5.92. The molecule has 0 spiro atoms. The first-order valence-corrected chi connectivity index (χ1v) is 12.2. The van der Waals surface area contributed by atoms with Crippen molar-refractivity contribution in [3.05, 3.63) is 59.7 Å². The topological polar surface area (TPSA) is 95.9 Å². The minimum atomic E-state index is -1.10. The van der Waals surface area contributed by atoms with Crippen LogP contribution in [0.4, 0.5) is 4.79 Å². The number of aliphatic carboxylic acids is 1. The summed E-state index contributed by atoms with van der Waals surface area (Å²) in [5.41, 5.74) is 3.46. The van der Waals surface area contributed by atoms with Crippen LogP contribution < -0.4 is 5.32 Å². The van der Waals surface area contributed by atoms with E-state index in [0.29, 0.717) is 32.2 Å². The third-order valence-electron chi connectivity index (χ3n) is 7.60. The second kappa shape index (κ2) is 9.12. The van der Waals surface area contributed by atoms with Gasteiger partial charge >= 0.3 is 12.1 Å². The van der Waals surface area contributed by atoms with E-state index in [1.807, 2.05) is 24.3 Å². The molecule has 2 amide bonds. The van der Waals surface area contributed by atoms with E-state index in [1.54, 1.807) is 0 Å². The molecule has 2 aliphatic carbocycles. The second-order valence-electron chi connectivity index (χ2n) is 9.59. The van der Waals surface area contributed by atoms with Gasteiger partial charge in [0.15, 0.2) is 0 Å². The number of carboxylic acid groups (broad SMARTS) is 1. The molecule has 178 valence electrons. The summed E-state index contributed by atoms with van der Waals surface area (Å²) < 4.78 is 5.72. The number of amides is 2. The Hall–Kier alpha value is -3.35. The lowest BCUT2D eigenvalue weighted by Crippen LogP contribution is -2.62. The van der Waals surface area contributed by atoms with Crippen molar-refractivity contribution >= 4 is 18.0 Å². The van der Waals surface area contributed by atoms with Crippen LogP contribution in [0.1, 0.15) is 62.0 Å². The van der Waals surface area contributed by atoms with Crippen LogP contribution in [0.15, 0.2) is 48.5 Å². The molecule has 1 atom stereocenters. The molecule has 2 aromatic carbocycles. The number of carbonyl (C=O) groups is 3. The molecule has 0 unspecified atom stereocenters. The third kappa shape index (κ3) is 3.93. The third-order valence-corrected chi connectivity index (χ3v) is 7.60. The van der Waals surface area contributed by atoms with Crippen LogP contribution in [0.2, 0.25) is 0 Å². The van der Waals surface area contributed by atoms with E-state index < -0.39 is 23.6 Å². The predicted octanol–water partition coefficient (Wildman–Crippen LogP) is 4.30. The van der Waals surface area contributed by atoms with Gasteiger partial charge in [0.2, 0.25) is 5.91 Å². The highest BCUT2D eigenvalue weighted by Gasteiger charge is 2.47. The molecule has 34 heavy (non-hydrogen) atoms. The minimum absolute atomic E-state index is 0.0638. The van der Waals surface area contributed by atoms with E-state index in [0.717, 1.165) is 41.5 Å². The van der Waals surface area contributed by atoms with Gasteiger partial charge in [0.05, 0.1) is 0 Å². The molecule has 3 aliphatic rings. The molecule has 2 aromatic rings. The van der Waals surface area contributed by atoms with Gasteiger partial charge in [0.25, 0.3) is 0 Å². The van der Waals surface area contributed by atoms with Gasteiger partial charge < -0.3 is 20.1 Å². The highest BCUT2D eigenvalue weighted by atomic mass is 16.5. The lowest BCUT2D eigenvalue weighted by atomic mass is 9.80. The molecule has 7 nitrogen and oxygen atoms in total. The first-order chi connectivity index (χ1) is 16.5. The van der Waals surface area contributed by atoms with Gasteiger partial charge in [-0.05, 0) is 47.9 Å². The van der Waals surface area contributed by atoms with Crippen LogP contribution >= 0.6 is 0 Å². The maximum absolute atomic E-state index is 13.6. The van der Waals surface area contributed by atoms with E-state index in [9.17, 15) is 19.5 Å². The smallest absolute Gasteiger partial charge is 0.408 e. The Labute approximate surface area is 199 Å². The number of carboxylic acids is 1. The van der Waals surface area contributed by atoms with Gasteiger partial charge in [0.1, 0.15) is 18.2 Å². The Balaban J connectivity index is 1.32. The first-order valence-electron chi connectivity index (χ1n) is 12.2. The van der Waals surface area contributed by atoms with Crippen LogP contribution in [-0.4, -0.2) is 52.7 Å². The number of nitrogens with one attached hydrogen (secondary N) is 1. The fraction of sp³-hybridized carbons (Fsp3) is 0.444. The Morgan fingerprint density at radius 3 is 2.18 bits per heavy atom. The van der Waals surface area contributed by atoms with Crippen molar-refractivity contribution < 1.29 is 24.2 Å². The fourth-order valence-corrected chi connectivity index (χ4v) is 5.92. The molecular weight excluding hydrogens is 432 g/mol. The number of benzene rings is 2. The molecule has 7 heteroatoms. The molecule has 0 bridgehead atoms. The summed E-state index contributed by atoms with van der Waals surface area (Å²) in [6.07, 6.45) is 4.08. The zero-order valence-corrected chi connectivity index (χ0v) is 19.2. The number of rotatable bonds is 5. The number of ether oxygens (including phenoxy) is 1. The SMILES string of the molecule is O=C(NC1(C(=O)N2CCC[C@H]2C(=O)O)CCCCC1)OCC1c2ccccc2-c2ccccc21. The van der Waals surface area contributed by atoms with Gasteiger partial charge in [-0.1, -0.05) is 67.8 Å². The van der Waals surface area contributed by atoms with Crippen molar-refractivity contribution in [1.82, 2.24) is 10.2 Å². The second-order valence-corrected chi connectivity index (χ2v) is 9.59. The normalized spacial score (nSPS) is 20.9. The Morgan fingerprint density at radius 2 is 1.56 bits per heavy atom. The number of alkyl carbamates (subject to hydrolysis) is 1. The summed E-state index contributed by atoms with van der Waals surface area (Å²) in [4.78, 5) is 39.7. The van der Waals surface area contributed by atoms with E-state index in [2.05, 4.69) is 29.6 Å². The molecule has 1 saturated carbocycles. The molecule has 2 fully saturated rings. The maximum Gasteiger partial charge on any atom is 0.408 e. The lowest BCUT2D eigenvalue weighted by molar-refractivity contribution is -0.151. The number of carbonyl (C=O) groups excluding carboxylic acids is 2. The van der Waals surface area contributed by atoms with E-state index in [-0.39, 0.29) is 18.4 Å². The minimum Gasteiger partial charge on any atom is -0.480 e. The summed E-state index contributed by atoms with van der Waals surface area (Å²) in [6, 6.07) is 15.5. The lowest BCUT2D eigenvalue weighted by Gasteiger charge is -2.40. The summed E-state index contributed by atoms with van der Waals surface area (Å²) in [7, 11) is 0. The van der Waals surface area contributed by atoms with Crippen LogP contribution in [0.3, 0.4) is 0 Å². The molecule has 1 aliphatic heterocycles.